The van der Waals surface area contributed by atoms with Crippen LogP contribution in [0.15, 0.2) is 18.2 Å². The predicted molar refractivity (Wildman–Crippen MR) is 78.5 cm³/mol. The molecule has 0 aromatic heterocycles. The molecule has 0 aliphatic heterocycles. The van der Waals surface area contributed by atoms with E-state index in [-0.39, 0.29) is 24.9 Å². The predicted octanol–water partition coefficient (Wildman–Crippen LogP) is 1.71. The van der Waals surface area contributed by atoms with Crippen LogP contribution in [0.5, 0.6) is 5.75 Å². The van der Waals surface area contributed by atoms with Crippen LogP contribution in [0.1, 0.15) is 0 Å². The molecular weight excluding hydrogens is 291 g/mol. The largest absolute Gasteiger partial charge is 0.495 e. The molecule has 1 aromatic carbocycles. The van der Waals surface area contributed by atoms with Crippen LogP contribution in [0, 0.1) is 0 Å². The lowest BCUT2D eigenvalue weighted by atomic mass is 10.2. The highest BCUT2D eigenvalue weighted by Crippen LogP contribution is 2.28. The lowest BCUT2D eigenvalue weighted by Gasteiger charge is -2.21. The highest BCUT2D eigenvalue weighted by molar-refractivity contribution is 6.32. The second kappa shape index (κ2) is 8.22. The summed E-state index contributed by atoms with van der Waals surface area (Å²) in [4.78, 5) is 13.4. The molecule has 0 saturated carbocycles. The number of rotatable bonds is 5. The van der Waals surface area contributed by atoms with Gasteiger partial charge in [-0.3, -0.25) is 4.79 Å². The van der Waals surface area contributed by atoms with Crippen LogP contribution in [0.4, 0.5) is 5.69 Å². The maximum Gasteiger partial charge on any atom is 0.246 e. The Kier molecular flexibility index (Phi) is 7.78. The van der Waals surface area contributed by atoms with Gasteiger partial charge in [-0.05, 0) is 18.2 Å². The minimum atomic E-state index is -0.694. The number of halogens is 2. The molecule has 0 saturated heterocycles. The highest BCUT2D eigenvalue weighted by atomic mass is 35.5. The number of carbonyl (C=O) groups is 1. The standard InChI is InChI=1S/C12H17ClN2O3.ClH/c1-15(12(16)10(14)7-17-2)8-4-5-11(18-3)9(13)6-8;/h4-6,10H,7,14H2,1-3H3;1H. The molecule has 0 aliphatic rings. The number of likely N-dealkylation sites (N-methyl/N-ethyl adjacent to an activating group) is 1. The first kappa shape index (κ1) is 18.0. The average molecular weight is 309 g/mol. The number of amides is 1. The first-order valence-electron chi connectivity index (χ1n) is 5.37. The number of benzene rings is 1. The SMILES string of the molecule is COCC(N)C(=O)N(C)c1ccc(OC)c(Cl)c1.Cl. The van der Waals surface area contributed by atoms with E-state index in [4.69, 9.17) is 26.8 Å². The number of carbonyl (C=O) groups excluding carboxylic acids is 1. The summed E-state index contributed by atoms with van der Waals surface area (Å²) in [5.41, 5.74) is 6.34. The van der Waals surface area contributed by atoms with Crippen LogP contribution in [-0.4, -0.2) is 39.8 Å². The molecule has 0 spiro atoms. The minimum absolute atomic E-state index is 0. The second-order valence-corrected chi connectivity index (χ2v) is 4.19. The van der Waals surface area contributed by atoms with Crippen LogP contribution in [0.25, 0.3) is 0 Å². The van der Waals surface area contributed by atoms with Crippen molar-refractivity contribution in [1.29, 1.82) is 0 Å². The monoisotopic (exact) mass is 308 g/mol. The van der Waals surface area contributed by atoms with E-state index in [1.54, 1.807) is 25.2 Å². The van der Waals surface area contributed by atoms with Gasteiger partial charge in [0.1, 0.15) is 11.8 Å². The fraction of sp³-hybridized carbons (Fsp3) is 0.417. The van der Waals surface area contributed by atoms with Gasteiger partial charge in [0.05, 0.1) is 18.7 Å². The summed E-state index contributed by atoms with van der Waals surface area (Å²) in [6, 6.07) is 4.39. The number of nitrogens with zero attached hydrogens (tertiary/aromatic N) is 1. The normalized spacial score (nSPS) is 11.4. The van der Waals surface area contributed by atoms with Gasteiger partial charge in [-0.15, -0.1) is 12.4 Å². The molecule has 1 atom stereocenters. The molecule has 1 aromatic rings. The maximum absolute atomic E-state index is 11.9. The van der Waals surface area contributed by atoms with E-state index in [2.05, 4.69) is 0 Å². The Morgan fingerprint density at radius 3 is 2.58 bits per heavy atom. The van der Waals surface area contributed by atoms with E-state index in [9.17, 15) is 4.79 Å². The van der Waals surface area contributed by atoms with E-state index in [1.807, 2.05) is 0 Å². The van der Waals surface area contributed by atoms with Gasteiger partial charge in [-0.1, -0.05) is 11.6 Å². The van der Waals surface area contributed by atoms with Gasteiger partial charge in [0.15, 0.2) is 0 Å². The third-order valence-electron chi connectivity index (χ3n) is 2.52. The Bertz CT molecular complexity index is 429. The van der Waals surface area contributed by atoms with Crippen LogP contribution < -0.4 is 15.4 Å². The Morgan fingerprint density at radius 1 is 1.47 bits per heavy atom. The van der Waals surface area contributed by atoms with Gasteiger partial charge < -0.3 is 20.1 Å². The number of anilines is 1. The topological polar surface area (TPSA) is 64.8 Å². The Balaban J connectivity index is 0.00000324. The first-order valence-corrected chi connectivity index (χ1v) is 5.74. The molecule has 0 radical (unpaired) electrons. The zero-order valence-electron chi connectivity index (χ0n) is 11.1. The second-order valence-electron chi connectivity index (χ2n) is 3.78. The van der Waals surface area contributed by atoms with E-state index in [0.29, 0.717) is 16.5 Å². The summed E-state index contributed by atoms with van der Waals surface area (Å²) < 4.78 is 9.90. The molecule has 0 bridgehead atoms. The molecule has 19 heavy (non-hydrogen) atoms. The molecule has 0 fully saturated rings. The van der Waals surface area contributed by atoms with Crippen molar-refractivity contribution in [3.63, 3.8) is 0 Å². The molecule has 1 unspecified atom stereocenters. The van der Waals surface area contributed by atoms with Gasteiger partial charge in [0.2, 0.25) is 5.91 Å². The highest BCUT2D eigenvalue weighted by Gasteiger charge is 2.19. The fourth-order valence-corrected chi connectivity index (χ4v) is 1.74. The van der Waals surface area contributed by atoms with Crippen LogP contribution >= 0.6 is 24.0 Å². The van der Waals surface area contributed by atoms with Crippen molar-refractivity contribution >= 4 is 35.6 Å². The van der Waals surface area contributed by atoms with Gasteiger partial charge in [0, 0.05) is 19.8 Å². The molecule has 5 nitrogen and oxygen atoms in total. The summed E-state index contributed by atoms with van der Waals surface area (Å²) >= 11 is 6.00. The zero-order valence-corrected chi connectivity index (χ0v) is 12.6. The third-order valence-corrected chi connectivity index (χ3v) is 2.81. The van der Waals surface area contributed by atoms with Crippen molar-refractivity contribution in [1.82, 2.24) is 0 Å². The van der Waals surface area contributed by atoms with E-state index in [0.717, 1.165) is 0 Å². The first-order chi connectivity index (χ1) is 8.51. The maximum atomic E-state index is 11.9. The van der Waals surface area contributed by atoms with Gasteiger partial charge in [-0.25, -0.2) is 0 Å². The third kappa shape index (κ3) is 4.54. The smallest absolute Gasteiger partial charge is 0.246 e. The minimum Gasteiger partial charge on any atom is -0.495 e. The number of hydrogen-bond acceptors (Lipinski definition) is 4. The number of ether oxygens (including phenoxy) is 2. The summed E-state index contributed by atoms with van der Waals surface area (Å²) in [6.45, 7) is 0.174. The number of methoxy groups -OCH3 is 2. The summed E-state index contributed by atoms with van der Waals surface area (Å²) in [5.74, 6) is 0.320. The van der Waals surface area contributed by atoms with Gasteiger partial charge >= 0.3 is 0 Å². The van der Waals surface area contributed by atoms with Crippen molar-refractivity contribution in [3.8, 4) is 5.75 Å². The van der Waals surface area contributed by atoms with Gasteiger partial charge in [-0.2, -0.15) is 0 Å². The van der Waals surface area contributed by atoms with Gasteiger partial charge in [0.25, 0.3) is 0 Å². The molecule has 1 amide bonds. The Labute approximate surface area is 124 Å². The van der Waals surface area contributed by atoms with Crippen LogP contribution in [-0.2, 0) is 9.53 Å². The van der Waals surface area contributed by atoms with Crippen molar-refractivity contribution in [2.24, 2.45) is 5.73 Å². The van der Waals surface area contributed by atoms with E-state index >= 15 is 0 Å². The average Bonchev–Trinajstić information content (AvgIpc) is 2.37. The summed E-state index contributed by atoms with van der Waals surface area (Å²) in [5, 5.41) is 0.440. The summed E-state index contributed by atoms with van der Waals surface area (Å²) in [6.07, 6.45) is 0. The van der Waals surface area contributed by atoms with Crippen molar-refractivity contribution in [2.75, 3.05) is 32.8 Å². The molecular formula is C12H18Cl2N2O3. The zero-order chi connectivity index (χ0) is 13.7. The lowest BCUT2D eigenvalue weighted by Crippen LogP contribution is -2.44. The van der Waals surface area contributed by atoms with Crippen molar-refractivity contribution in [3.05, 3.63) is 23.2 Å². The quantitative estimate of drug-likeness (QED) is 0.899. The number of hydrogen-bond donors (Lipinski definition) is 1. The van der Waals surface area contributed by atoms with E-state index in [1.165, 1.54) is 19.1 Å². The van der Waals surface area contributed by atoms with Crippen LogP contribution in [0.2, 0.25) is 5.02 Å². The van der Waals surface area contributed by atoms with Crippen LogP contribution in [0.3, 0.4) is 0 Å². The Hall–Kier alpha value is -1.01. The number of nitrogens with two attached hydrogens (primary N) is 1. The summed E-state index contributed by atoms with van der Waals surface area (Å²) in [7, 11) is 4.66. The Morgan fingerprint density at radius 2 is 2.11 bits per heavy atom. The van der Waals surface area contributed by atoms with E-state index < -0.39 is 6.04 Å². The molecule has 0 heterocycles. The molecule has 1 rings (SSSR count). The molecule has 7 heteroatoms. The fourth-order valence-electron chi connectivity index (χ4n) is 1.49. The molecule has 2 N–H and O–H groups in total. The lowest BCUT2D eigenvalue weighted by molar-refractivity contribution is -0.120. The van der Waals surface area contributed by atoms with Crippen molar-refractivity contribution in [2.45, 2.75) is 6.04 Å². The molecule has 108 valence electrons. The van der Waals surface area contributed by atoms with Crippen molar-refractivity contribution < 1.29 is 14.3 Å². The molecule has 0 aliphatic carbocycles.